The van der Waals surface area contributed by atoms with Gasteiger partial charge < -0.3 is 9.84 Å². The highest BCUT2D eigenvalue weighted by atomic mass is 16.7. The topological polar surface area (TPSA) is 72.6 Å². The van der Waals surface area contributed by atoms with E-state index in [9.17, 15) is 15.2 Å². The first kappa shape index (κ1) is 8.43. The predicted molar refractivity (Wildman–Crippen MR) is 53.2 cm³/mol. The van der Waals surface area contributed by atoms with Gasteiger partial charge in [0.2, 0.25) is 6.54 Å². The molecule has 2 heterocycles. The molecule has 2 aliphatic heterocycles. The number of hydrogen-bond acceptors (Lipinski definition) is 4. The molecule has 0 radical (unpaired) electrons. The Labute approximate surface area is 97.3 Å². The fourth-order valence-corrected chi connectivity index (χ4v) is 7.71. The second-order valence-corrected chi connectivity index (χ2v) is 7.12. The molecular formula is C12H13NO4. The van der Waals surface area contributed by atoms with Gasteiger partial charge in [-0.2, -0.15) is 0 Å². The molecule has 7 rings (SSSR count). The van der Waals surface area contributed by atoms with Crippen LogP contribution in [0.1, 0.15) is 6.42 Å². The van der Waals surface area contributed by atoms with Crippen LogP contribution in [0, 0.1) is 57.5 Å². The smallest absolute Gasteiger partial charge is 0.233 e. The molecule has 1 N–H and O–H groups in total. The third-order valence-corrected chi connectivity index (χ3v) is 7.32. The van der Waals surface area contributed by atoms with Gasteiger partial charge in [-0.1, -0.05) is 0 Å². The minimum absolute atomic E-state index is 0.0793. The first-order valence-corrected chi connectivity index (χ1v) is 6.64. The lowest BCUT2D eigenvalue weighted by Crippen LogP contribution is -2.53. The van der Waals surface area contributed by atoms with Crippen LogP contribution in [0.3, 0.4) is 0 Å². The number of nitro groups is 1. The molecular weight excluding hydrogens is 222 g/mol. The van der Waals surface area contributed by atoms with Crippen molar-refractivity contribution in [2.45, 2.75) is 17.8 Å². The van der Waals surface area contributed by atoms with E-state index in [0.717, 1.165) is 0 Å². The molecule has 7 fully saturated rings. The van der Waals surface area contributed by atoms with E-state index in [1.165, 1.54) is 6.42 Å². The van der Waals surface area contributed by atoms with Crippen molar-refractivity contribution in [2.24, 2.45) is 47.3 Å². The van der Waals surface area contributed by atoms with Crippen LogP contribution in [0.2, 0.25) is 0 Å². The van der Waals surface area contributed by atoms with E-state index in [4.69, 9.17) is 4.74 Å². The summed E-state index contributed by atoms with van der Waals surface area (Å²) in [5, 5.41) is 21.7. The molecule has 0 spiro atoms. The largest absolute Gasteiger partial charge is 0.365 e. The van der Waals surface area contributed by atoms with Crippen LogP contribution in [0.25, 0.3) is 0 Å². The lowest BCUT2D eigenvalue weighted by atomic mass is 9.56. The lowest BCUT2D eigenvalue weighted by molar-refractivity contribution is -0.504. The zero-order chi connectivity index (χ0) is 11.3. The summed E-state index contributed by atoms with van der Waals surface area (Å²) in [6.07, 6.45) is 1.21. The van der Waals surface area contributed by atoms with Gasteiger partial charge in [0.05, 0.1) is 0 Å². The highest BCUT2D eigenvalue weighted by Gasteiger charge is 2.98. The number of rotatable bonds is 2. The Morgan fingerprint density at radius 3 is 2.71 bits per heavy atom. The minimum atomic E-state index is -0.970. The fraction of sp³-hybridized carbons (Fsp3) is 1.00. The lowest BCUT2D eigenvalue weighted by Gasteiger charge is -2.45. The van der Waals surface area contributed by atoms with E-state index in [2.05, 4.69) is 0 Å². The third-order valence-electron chi connectivity index (χ3n) is 7.32. The SMILES string of the molecule is O=[N+]([O-])C[C@]12O[C@]3(O)[C@@H]4[C@@H]5C[C@H]([C@@H]6[C@H]5[C@@H]3[C@H]61)[C@H]42. The quantitative estimate of drug-likeness (QED) is 0.544. The van der Waals surface area contributed by atoms with Crippen molar-refractivity contribution in [1.82, 2.24) is 0 Å². The van der Waals surface area contributed by atoms with Crippen LogP contribution in [0.15, 0.2) is 0 Å². The molecule has 5 aliphatic carbocycles. The number of hydrogen-bond donors (Lipinski definition) is 1. The van der Waals surface area contributed by atoms with E-state index in [0.29, 0.717) is 35.5 Å². The molecule has 0 unspecified atom stereocenters. The van der Waals surface area contributed by atoms with Crippen molar-refractivity contribution in [1.29, 1.82) is 0 Å². The Balaban J connectivity index is 1.64. The Morgan fingerprint density at radius 1 is 1.24 bits per heavy atom. The van der Waals surface area contributed by atoms with Crippen molar-refractivity contribution >= 4 is 0 Å². The zero-order valence-corrected chi connectivity index (χ0v) is 9.15. The standard InChI is InChI=1S/C12H13NO4/c14-12-8-4-1-3-5-6(4)10(12)9(5)11(17-12,7(3)8)2-13(15)16/h3-10,14H,1-2H2/t3-,4-,5-,6+,7-,8-,9+,10-,11-,12-/m1/s1. The van der Waals surface area contributed by atoms with Crippen molar-refractivity contribution < 1.29 is 14.8 Å². The van der Waals surface area contributed by atoms with Gasteiger partial charge in [0.1, 0.15) is 5.60 Å². The normalized spacial score (nSPS) is 78.4. The monoisotopic (exact) mass is 235 g/mol. The van der Waals surface area contributed by atoms with Crippen LogP contribution in [-0.2, 0) is 4.74 Å². The van der Waals surface area contributed by atoms with E-state index in [1.54, 1.807) is 0 Å². The molecule has 5 heteroatoms. The van der Waals surface area contributed by atoms with Crippen molar-refractivity contribution in [3.8, 4) is 0 Å². The molecule has 17 heavy (non-hydrogen) atoms. The van der Waals surface area contributed by atoms with E-state index in [1.807, 2.05) is 0 Å². The highest BCUT2D eigenvalue weighted by molar-refractivity contribution is 5.41. The van der Waals surface area contributed by atoms with E-state index >= 15 is 0 Å². The van der Waals surface area contributed by atoms with Crippen LogP contribution in [0.4, 0.5) is 0 Å². The van der Waals surface area contributed by atoms with Gasteiger partial charge in [-0.25, -0.2) is 0 Å². The number of aliphatic hydroxyl groups is 1. The van der Waals surface area contributed by atoms with Gasteiger partial charge in [0.25, 0.3) is 0 Å². The maximum Gasteiger partial charge on any atom is 0.233 e. The maximum atomic E-state index is 11.0. The molecule has 4 bridgehead atoms. The molecule has 0 aromatic rings. The molecule has 90 valence electrons. The second kappa shape index (κ2) is 1.84. The van der Waals surface area contributed by atoms with Crippen molar-refractivity contribution in [3.05, 3.63) is 10.1 Å². The van der Waals surface area contributed by atoms with Gasteiger partial charge in [0, 0.05) is 28.6 Å². The maximum absolute atomic E-state index is 11.0. The summed E-state index contributed by atoms with van der Waals surface area (Å²) in [6, 6.07) is 0. The first-order valence-electron chi connectivity index (χ1n) is 6.64. The second-order valence-electron chi connectivity index (χ2n) is 7.12. The Kier molecular flexibility index (Phi) is 0.912. The molecule has 0 amide bonds. The molecule has 10 atom stereocenters. The van der Waals surface area contributed by atoms with Gasteiger partial charge in [-0.15, -0.1) is 0 Å². The molecule has 0 aromatic carbocycles. The molecule has 5 saturated carbocycles. The molecule has 2 saturated heterocycles. The molecule has 0 aromatic heterocycles. The summed E-state index contributed by atoms with van der Waals surface area (Å²) in [5.41, 5.74) is -0.579. The molecule has 5 nitrogen and oxygen atoms in total. The summed E-state index contributed by atoms with van der Waals surface area (Å²) in [5.74, 6) is 2.67. The highest BCUT2D eigenvalue weighted by Crippen LogP contribution is 2.92. The average Bonchev–Trinajstić information content (AvgIpc) is 2.75. The van der Waals surface area contributed by atoms with Crippen molar-refractivity contribution in [2.75, 3.05) is 6.54 Å². The van der Waals surface area contributed by atoms with E-state index < -0.39 is 11.4 Å². The minimum Gasteiger partial charge on any atom is -0.365 e. The summed E-state index contributed by atoms with van der Waals surface area (Å²) in [7, 11) is 0. The van der Waals surface area contributed by atoms with Crippen LogP contribution in [0.5, 0.6) is 0 Å². The fourth-order valence-electron chi connectivity index (χ4n) is 7.71. The summed E-state index contributed by atoms with van der Waals surface area (Å²) in [4.78, 5) is 10.7. The van der Waals surface area contributed by atoms with Crippen LogP contribution in [-0.4, -0.2) is 28.0 Å². The van der Waals surface area contributed by atoms with Gasteiger partial charge in [0.15, 0.2) is 5.79 Å². The summed E-state index contributed by atoms with van der Waals surface area (Å²) < 4.78 is 5.97. The van der Waals surface area contributed by atoms with Crippen LogP contribution >= 0.6 is 0 Å². The van der Waals surface area contributed by atoms with Gasteiger partial charge >= 0.3 is 0 Å². The predicted octanol–water partition coefficient (Wildman–Crippen LogP) is 0.108. The van der Waals surface area contributed by atoms with E-state index in [-0.39, 0.29) is 23.3 Å². The van der Waals surface area contributed by atoms with Crippen LogP contribution < -0.4 is 0 Å². The van der Waals surface area contributed by atoms with Crippen molar-refractivity contribution in [3.63, 3.8) is 0 Å². The first-order chi connectivity index (χ1) is 8.09. The Morgan fingerprint density at radius 2 is 1.94 bits per heavy atom. The Hall–Kier alpha value is -0.680. The molecule has 7 aliphatic rings. The number of nitrogens with zero attached hydrogens (tertiary/aromatic N) is 1. The summed E-state index contributed by atoms with van der Waals surface area (Å²) >= 11 is 0. The Bertz CT molecular complexity index is 509. The zero-order valence-electron chi connectivity index (χ0n) is 9.15. The van der Waals surface area contributed by atoms with Gasteiger partial charge in [-0.05, 0) is 30.1 Å². The van der Waals surface area contributed by atoms with Gasteiger partial charge in [-0.3, -0.25) is 10.1 Å². The average molecular weight is 235 g/mol. The number of ether oxygens (including phenoxy) is 1. The third kappa shape index (κ3) is 0.492. The summed E-state index contributed by atoms with van der Waals surface area (Å²) in [6.45, 7) is -0.0793.